The van der Waals surface area contributed by atoms with Gasteiger partial charge in [-0.25, -0.2) is 27.7 Å². The number of hydrogen-bond donors (Lipinski definition) is 3. The monoisotopic (exact) mass is 691 g/mol. The van der Waals surface area contributed by atoms with Crippen LogP contribution < -0.4 is 20.5 Å². The van der Waals surface area contributed by atoms with E-state index in [2.05, 4.69) is 25.5 Å². The number of nitro benzene ring substituents is 1. The van der Waals surface area contributed by atoms with Crippen LogP contribution in [0.1, 0.15) is 91.5 Å². The summed E-state index contributed by atoms with van der Waals surface area (Å²) in [6.45, 7) is 12.7. The van der Waals surface area contributed by atoms with Gasteiger partial charge in [-0.3, -0.25) is 15.4 Å². The summed E-state index contributed by atoms with van der Waals surface area (Å²) in [5.41, 5.74) is 4.48. The van der Waals surface area contributed by atoms with Gasteiger partial charge in [-0.1, -0.05) is 39.2 Å². The van der Waals surface area contributed by atoms with Crippen LogP contribution in [0.25, 0.3) is 10.4 Å². The smallest absolute Gasteiger partial charge is 0.417 e. The van der Waals surface area contributed by atoms with Gasteiger partial charge >= 0.3 is 12.2 Å². The Labute approximate surface area is 280 Å². The van der Waals surface area contributed by atoms with E-state index in [9.17, 15) is 28.1 Å². The van der Waals surface area contributed by atoms with Crippen molar-refractivity contribution in [3.63, 3.8) is 0 Å². The van der Waals surface area contributed by atoms with Crippen LogP contribution in [0.5, 0.6) is 5.75 Å². The highest BCUT2D eigenvalue weighted by atomic mass is 32.2. The molecule has 2 amide bonds. The molecule has 4 N–H and O–H groups in total. The number of nitro groups is 1. The number of aromatic nitrogens is 1. The molecule has 47 heavy (non-hydrogen) atoms. The molecule has 0 radical (unpaired) electrons. The number of nitrogens with zero attached hydrogens (tertiary/aromatic N) is 2. The zero-order valence-electron chi connectivity index (χ0n) is 27.9. The van der Waals surface area contributed by atoms with E-state index < -0.39 is 32.7 Å². The van der Waals surface area contributed by atoms with E-state index in [0.29, 0.717) is 11.5 Å². The normalized spacial score (nSPS) is 13.4. The average molecular weight is 692 g/mol. The van der Waals surface area contributed by atoms with Gasteiger partial charge in [-0.05, 0) is 71.7 Å². The number of carbonyl (C=O) groups is 2. The van der Waals surface area contributed by atoms with Gasteiger partial charge < -0.3 is 15.2 Å². The highest BCUT2D eigenvalue weighted by Crippen LogP contribution is 2.40. The summed E-state index contributed by atoms with van der Waals surface area (Å²) in [4.78, 5) is 37.9. The van der Waals surface area contributed by atoms with Crippen LogP contribution in [0.2, 0.25) is 0 Å². The van der Waals surface area contributed by atoms with Gasteiger partial charge in [0.1, 0.15) is 5.75 Å². The standard InChI is InChI=1S/C26H30N4O6S2.C4H9NO2.C2H6/c1-26(2,3)29-38(34,35)23-15-18(28-25(31)36-20-12-10-19(11-13-20)30(32)33)9-14-21(23)22-16-27-24(37-22)17-7-5-4-6-8-17;1-3(2)7-4(5)6;1-2/h9-17,29H,4-8H2,1-3H3,(H,28,31);3H,1-2H3,(H2,5,6);1-2H3. The molecule has 13 nitrogen and oxygen atoms in total. The third-order valence-corrected chi connectivity index (χ3v) is 9.30. The fourth-order valence-corrected chi connectivity index (χ4v) is 7.41. The Hall–Kier alpha value is -4.08. The first kappa shape index (κ1) is 39.1. The first-order valence-corrected chi connectivity index (χ1v) is 17.7. The number of carbonyl (C=O) groups excluding carboxylic acids is 2. The molecule has 0 unspecified atom stereocenters. The number of hydrogen-bond acceptors (Lipinski definition) is 10. The Kier molecular flexibility index (Phi) is 14.8. The van der Waals surface area contributed by atoms with Crippen LogP contribution in [0.15, 0.2) is 53.6 Å². The van der Waals surface area contributed by atoms with Crippen molar-refractivity contribution >= 4 is 44.9 Å². The third-order valence-electron chi connectivity index (χ3n) is 6.31. The van der Waals surface area contributed by atoms with E-state index in [-0.39, 0.29) is 28.1 Å². The summed E-state index contributed by atoms with van der Waals surface area (Å²) in [5, 5.41) is 14.4. The van der Waals surface area contributed by atoms with E-state index >= 15 is 0 Å². The number of non-ortho nitro benzene ring substituents is 1. The Bertz CT molecular complexity index is 1590. The highest BCUT2D eigenvalue weighted by Gasteiger charge is 2.27. The lowest BCUT2D eigenvalue weighted by atomic mass is 9.90. The number of thiazole rings is 1. The molecule has 0 aliphatic heterocycles. The van der Waals surface area contributed by atoms with Crippen LogP contribution in [0, 0.1) is 10.1 Å². The van der Waals surface area contributed by atoms with E-state index in [0.717, 1.165) is 22.7 Å². The van der Waals surface area contributed by atoms with Crippen LogP contribution in [-0.2, 0) is 14.8 Å². The summed E-state index contributed by atoms with van der Waals surface area (Å²) in [6, 6.07) is 9.68. The molecule has 1 aliphatic rings. The first-order valence-electron chi connectivity index (χ1n) is 15.4. The molecule has 3 aromatic rings. The van der Waals surface area contributed by atoms with Gasteiger partial charge in [0, 0.05) is 41.0 Å². The Morgan fingerprint density at radius 2 is 1.68 bits per heavy atom. The van der Waals surface area contributed by atoms with Crippen molar-refractivity contribution < 1.29 is 32.4 Å². The van der Waals surface area contributed by atoms with Gasteiger partial charge in [0.15, 0.2) is 0 Å². The van der Waals surface area contributed by atoms with E-state index in [1.807, 2.05) is 13.8 Å². The number of anilines is 1. The predicted molar refractivity (Wildman–Crippen MR) is 183 cm³/mol. The first-order chi connectivity index (χ1) is 22.0. The van der Waals surface area contributed by atoms with E-state index in [1.165, 1.54) is 60.9 Å². The van der Waals surface area contributed by atoms with Crippen LogP contribution >= 0.6 is 11.3 Å². The molecule has 258 valence electrons. The second-order valence-electron chi connectivity index (χ2n) is 11.7. The molecule has 1 heterocycles. The second kappa shape index (κ2) is 17.7. The van der Waals surface area contributed by atoms with Crippen molar-refractivity contribution in [3.05, 3.63) is 63.8 Å². The lowest BCUT2D eigenvalue weighted by Gasteiger charge is -2.22. The number of rotatable bonds is 8. The molecule has 1 aliphatic carbocycles. The van der Waals surface area contributed by atoms with Crippen molar-refractivity contribution in [2.75, 3.05) is 5.32 Å². The maximum atomic E-state index is 13.4. The summed E-state index contributed by atoms with van der Waals surface area (Å²) < 4.78 is 39.2. The molecule has 0 bridgehead atoms. The number of nitrogens with one attached hydrogen (secondary N) is 2. The van der Waals surface area contributed by atoms with E-state index in [4.69, 9.17) is 4.74 Å². The molecule has 1 saturated carbocycles. The molecule has 2 aromatic carbocycles. The van der Waals surface area contributed by atoms with Crippen molar-refractivity contribution in [2.45, 2.75) is 103 Å². The molecule has 4 rings (SSSR count). The van der Waals surface area contributed by atoms with Gasteiger partial charge in [-0.15, -0.1) is 11.3 Å². The maximum absolute atomic E-state index is 13.4. The molecule has 0 atom stereocenters. The van der Waals surface area contributed by atoms with Crippen molar-refractivity contribution in [2.24, 2.45) is 5.73 Å². The predicted octanol–water partition coefficient (Wildman–Crippen LogP) is 7.97. The molecular weight excluding hydrogens is 647 g/mol. The largest absolute Gasteiger partial charge is 0.447 e. The topological polar surface area (TPSA) is 193 Å². The van der Waals surface area contributed by atoms with Crippen LogP contribution in [-0.4, -0.2) is 42.2 Å². The fraction of sp³-hybridized carbons (Fsp3) is 0.469. The van der Waals surface area contributed by atoms with Crippen molar-refractivity contribution in [1.29, 1.82) is 0 Å². The average Bonchev–Trinajstić information content (AvgIpc) is 3.48. The summed E-state index contributed by atoms with van der Waals surface area (Å²) in [6.07, 6.45) is 5.79. The maximum Gasteiger partial charge on any atom is 0.417 e. The number of benzene rings is 2. The van der Waals surface area contributed by atoms with Gasteiger partial charge in [0.05, 0.1) is 25.8 Å². The molecular formula is C32H45N5O8S2. The highest BCUT2D eigenvalue weighted by molar-refractivity contribution is 7.89. The van der Waals surface area contributed by atoms with E-state index in [1.54, 1.807) is 52.9 Å². The summed E-state index contributed by atoms with van der Waals surface area (Å²) in [5.74, 6) is 0.497. The minimum Gasteiger partial charge on any atom is -0.447 e. The minimum atomic E-state index is -3.97. The third kappa shape index (κ3) is 12.9. The number of nitrogens with two attached hydrogens (primary N) is 1. The zero-order valence-corrected chi connectivity index (χ0v) is 29.5. The number of ether oxygens (including phenoxy) is 2. The fourth-order valence-electron chi connectivity index (χ4n) is 4.55. The quantitative estimate of drug-likeness (QED) is 0.155. The van der Waals surface area contributed by atoms with Gasteiger partial charge in [0.25, 0.3) is 5.69 Å². The van der Waals surface area contributed by atoms with Crippen LogP contribution in [0.4, 0.5) is 21.0 Å². The Balaban J connectivity index is 0.000000756. The van der Waals surface area contributed by atoms with Gasteiger partial charge in [-0.2, -0.15) is 0 Å². The SMILES string of the molecule is CC.CC(C)(C)NS(=O)(=O)c1cc(NC(=O)Oc2ccc([N+](=O)[O-])cc2)ccc1-c1cnc(C2CCCCC2)s1.CC(C)OC(N)=O. The zero-order chi connectivity index (χ0) is 35.4. The molecule has 1 fully saturated rings. The second-order valence-corrected chi connectivity index (χ2v) is 14.4. The molecule has 1 aromatic heterocycles. The minimum absolute atomic E-state index is 0.0133. The van der Waals surface area contributed by atoms with Gasteiger partial charge in [0.2, 0.25) is 10.0 Å². The molecule has 0 spiro atoms. The number of primary amides is 1. The lowest BCUT2D eigenvalue weighted by molar-refractivity contribution is -0.384. The Morgan fingerprint density at radius 1 is 1.06 bits per heavy atom. The van der Waals surface area contributed by atoms with Crippen molar-refractivity contribution in [1.82, 2.24) is 9.71 Å². The lowest BCUT2D eigenvalue weighted by Crippen LogP contribution is -2.40. The molecule has 15 heteroatoms. The Morgan fingerprint density at radius 3 is 2.19 bits per heavy atom. The molecule has 0 saturated heterocycles. The number of amides is 2. The van der Waals surface area contributed by atoms with Crippen LogP contribution in [0.3, 0.4) is 0 Å². The summed E-state index contributed by atoms with van der Waals surface area (Å²) >= 11 is 1.50. The summed E-state index contributed by atoms with van der Waals surface area (Å²) in [7, 11) is -3.97. The number of sulfonamides is 1. The van der Waals surface area contributed by atoms with Crippen molar-refractivity contribution in [3.8, 4) is 16.2 Å².